The molecule has 2 aromatic heterocycles. The highest BCUT2D eigenvalue weighted by molar-refractivity contribution is 7.90. The standard InChI is InChI=1S/C24H24FN3O7S/c1-14(11-25)34-17-8-15(9-18(10-17)35-16-4-7-22(26-12-16)36(3,30)31)19-5-6-20(27-19)23-28-21(13-33-23)24(29)32-2/h4-10,12,14,21,27H,11,13H2,1-3H3/t14-,21-/m0/s1. The number of sulfone groups is 1. The lowest BCUT2D eigenvalue weighted by Gasteiger charge is -2.14. The fourth-order valence-corrected chi connectivity index (χ4v) is 3.93. The second-order valence-corrected chi connectivity index (χ2v) is 10.0. The van der Waals surface area contributed by atoms with Crippen molar-refractivity contribution in [3.8, 4) is 28.5 Å². The zero-order chi connectivity index (χ0) is 25.9. The number of esters is 1. The summed E-state index contributed by atoms with van der Waals surface area (Å²) in [5, 5.41) is -0.0743. The highest BCUT2D eigenvalue weighted by Crippen LogP contribution is 2.33. The summed E-state index contributed by atoms with van der Waals surface area (Å²) in [7, 11) is -2.16. The van der Waals surface area contributed by atoms with Gasteiger partial charge in [0.15, 0.2) is 20.9 Å². The third-order valence-corrected chi connectivity index (χ3v) is 6.11. The van der Waals surface area contributed by atoms with E-state index in [2.05, 4.69) is 15.0 Å². The second kappa shape index (κ2) is 10.4. The van der Waals surface area contributed by atoms with E-state index in [4.69, 9.17) is 18.9 Å². The topological polar surface area (TPSA) is 129 Å². The lowest BCUT2D eigenvalue weighted by atomic mass is 10.1. The Morgan fingerprint density at radius 3 is 2.58 bits per heavy atom. The van der Waals surface area contributed by atoms with Gasteiger partial charge in [0.05, 0.1) is 13.3 Å². The number of nitrogens with one attached hydrogen (secondary N) is 1. The van der Waals surface area contributed by atoms with Gasteiger partial charge >= 0.3 is 5.97 Å². The number of rotatable bonds is 9. The maximum absolute atomic E-state index is 13.1. The fourth-order valence-electron chi connectivity index (χ4n) is 3.37. The van der Waals surface area contributed by atoms with E-state index in [0.29, 0.717) is 34.2 Å². The molecule has 190 valence electrons. The van der Waals surface area contributed by atoms with Crippen molar-refractivity contribution in [2.24, 2.45) is 4.99 Å². The van der Waals surface area contributed by atoms with Gasteiger partial charge in [0, 0.05) is 23.6 Å². The molecule has 10 nitrogen and oxygen atoms in total. The Morgan fingerprint density at radius 2 is 1.92 bits per heavy atom. The number of H-pyrrole nitrogens is 1. The van der Waals surface area contributed by atoms with E-state index in [9.17, 15) is 17.6 Å². The van der Waals surface area contributed by atoms with Crippen molar-refractivity contribution in [3.63, 3.8) is 0 Å². The molecular weight excluding hydrogens is 493 g/mol. The molecule has 0 saturated carbocycles. The zero-order valence-corrected chi connectivity index (χ0v) is 20.5. The number of methoxy groups -OCH3 is 1. The van der Waals surface area contributed by atoms with Gasteiger partial charge < -0.3 is 23.9 Å². The van der Waals surface area contributed by atoms with Crippen LogP contribution in [0.5, 0.6) is 17.2 Å². The van der Waals surface area contributed by atoms with Crippen LogP contribution in [0.3, 0.4) is 0 Å². The third kappa shape index (κ3) is 5.82. The summed E-state index contributed by atoms with van der Waals surface area (Å²) in [5.41, 5.74) is 1.87. The van der Waals surface area contributed by atoms with Crippen LogP contribution in [0, 0.1) is 0 Å². The molecule has 3 aromatic rings. The van der Waals surface area contributed by atoms with Crippen molar-refractivity contribution >= 4 is 21.7 Å². The number of hydrogen-bond donors (Lipinski definition) is 1. The second-order valence-electron chi connectivity index (χ2n) is 8.05. The first kappa shape index (κ1) is 25.2. The van der Waals surface area contributed by atoms with Crippen LogP contribution in [0.25, 0.3) is 11.3 Å². The average Bonchev–Trinajstić information content (AvgIpc) is 3.53. The largest absolute Gasteiger partial charge is 0.488 e. The number of aliphatic imine (C=N–C) groups is 1. The van der Waals surface area contributed by atoms with E-state index < -0.39 is 34.6 Å². The first-order valence-corrected chi connectivity index (χ1v) is 12.7. The van der Waals surface area contributed by atoms with Crippen molar-refractivity contribution in [1.29, 1.82) is 0 Å². The van der Waals surface area contributed by atoms with Gasteiger partial charge in [-0.2, -0.15) is 0 Å². The molecule has 12 heteroatoms. The van der Waals surface area contributed by atoms with E-state index in [1.165, 1.54) is 25.4 Å². The predicted molar refractivity (Wildman–Crippen MR) is 128 cm³/mol. The number of benzene rings is 1. The Morgan fingerprint density at radius 1 is 1.17 bits per heavy atom. The van der Waals surface area contributed by atoms with Gasteiger partial charge in [-0.25, -0.2) is 27.6 Å². The lowest BCUT2D eigenvalue weighted by Crippen LogP contribution is -2.21. The number of nitrogens with zero attached hydrogens (tertiary/aromatic N) is 2. The highest BCUT2D eigenvalue weighted by atomic mass is 32.2. The molecular formula is C24H24FN3O7S. The smallest absolute Gasteiger partial charge is 0.334 e. The Hall–Kier alpha value is -3.93. The van der Waals surface area contributed by atoms with Gasteiger partial charge in [-0.1, -0.05) is 0 Å². The number of hydrogen-bond acceptors (Lipinski definition) is 9. The number of ether oxygens (including phenoxy) is 4. The van der Waals surface area contributed by atoms with Crippen LogP contribution in [0.15, 0.2) is 58.7 Å². The Kier molecular flexibility index (Phi) is 7.25. The predicted octanol–water partition coefficient (Wildman–Crippen LogP) is 3.33. The third-order valence-electron chi connectivity index (χ3n) is 5.11. The molecule has 0 fully saturated rings. The molecule has 36 heavy (non-hydrogen) atoms. The van der Waals surface area contributed by atoms with Crippen LogP contribution in [0.2, 0.25) is 0 Å². The quantitative estimate of drug-likeness (QED) is 0.428. The van der Waals surface area contributed by atoms with Crippen LogP contribution < -0.4 is 9.47 Å². The van der Waals surface area contributed by atoms with Crippen molar-refractivity contribution in [1.82, 2.24) is 9.97 Å². The molecule has 0 unspecified atom stereocenters. The minimum atomic E-state index is -3.44. The van der Waals surface area contributed by atoms with Crippen LogP contribution in [0.4, 0.5) is 4.39 Å². The number of carbonyl (C=O) groups is 1. The van der Waals surface area contributed by atoms with Crippen LogP contribution in [-0.2, 0) is 24.1 Å². The molecule has 0 radical (unpaired) electrons. The molecule has 4 rings (SSSR count). The van der Waals surface area contributed by atoms with Crippen LogP contribution in [-0.4, -0.2) is 69.0 Å². The maximum atomic E-state index is 13.1. The number of carbonyl (C=O) groups excluding carboxylic acids is 1. The van der Waals surface area contributed by atoms with Crippen molar-refractivity contribution in [2.75, 3.05) is 26.6 Å². The van der Waals surface area contributed by atoms with E-state index in [1.54, 1.807) is 37.3 Å². The summed E-state index contributed by atoms with van der Waals surface area (Å²) in [5.74, 6) is 0.829. The molecule has 0 aliphatic carbocycles. The monoisotopic (exact) mass is 517 g/mol. The molecule has 1 aromatic carbocycles. The van der Waals surface area contributed by atoms with E-state index in [1.807, 2.05) is 0 Å². The average molecular weight is 518 g/mol. The van der Waals surface area contributed by atoms with Crippen LogP contribution >= 0.6 is 0 Å². The fraction of sp³-hybridized carbons (Fsp3) is 0.292. The minimum absolute atomic E-state index is 0.0743. The summed E-state index contributed by atoms with van der Waals surface area (Å²) in [6.45, 7) is 1.01. The molecule has 2 atom stereocenters. The van der Waals surface area contributed by atoms with Gasteiger partial charge in [0.2, 0.25) is 5.90 Å². The number of alkyl halides is 1. The van der Waals surface area contributed by atoms with E-state index in [-0.39, 0.29) is 17.5 Å². The van der Waals surface area contributed by atoms with Crippen molar-refractivity contribution in [3.05, 3.63) is 54.4 Å². The summed E-state index contributed by atoms with van der Waals surface area (Å²) in [6.07, 6.45) is 1.69. The number of aromatic amines is 1. The van der Waals surface area contributed by atoms with E-state index in [0.717, 1.165) is 6.26 Å². The molecule has 0 saturated heterocycles. The molecule has 0 amide bonds. The SMILES string of the molecule is COC(=O)[C@@H]1COC(c2ccc(-c3cc(Oc4ccc(S(C)(=O)=O)nc4)cc(O[C@@H](C)CF)c3)[nH]2)=N1. The van der Waals surface area contributed by atoms with Crippen molar-refractivity contribution in [2.45, 2.75) is 24.1 Å². The Bertz CT molecular complexity index is 1390. The summed E-state index contributed by atoms with van der Waals surface area (Å²) in [4.78, 5) is 23.1. The number of halogens is 1. The van der Waals surface area contributed by atoms with Crippen LogP contribution in [0.1, 0.15) is 12.6 Å². The first-order valence-electron chi connectivity index (χ1n) is 10.9. The summed E-state index contributed by atoms with van der Waals surface area (Å²) < 4.78 is 58.2. The van der Waals surface area contributed by atoms with Gasteiger partial charge in [-0.3, -0.25) is 0 Å². The maximum Gasteiger partial charge on any atom is 0.334 e. The normalized spacial score (nSPS) is 16.1. The molecule has 1 aliphatic rings. The molecule has 0 bridgehead atoms. The highest BCUT2D eigenvalue weighted by Gasteiger charge is 2.28. The van der Waals surface area contributed by atoms with E-state index >= 15 is 0 Å². The lowest BCUT2D eigenvalue weighted by molar-refractivity contribution is -0.142. The molecule has 1 aliphatic heterocycles. The first-order chi connectivity index (χ1) is 17.2. The zero-order valence-electron chi connectivity index (χ0n) is 19.7. The minimum Gasteiger partial charge on any atom is -0.488 e. The van der Waals surface area contributed by atoms with Gasteiger partial charge in [-0.15, -0.1) is 0 Å². The summed E-state index contributed by atoms with van der Waals surface area (Å²) in [6, 6.07) is 10.7. The van der Waals surface area contributed by atoms with Gasteiger partial charge in [-0.05, 0) is 43.3 Å². The Balaban J connectivity index is 1.63. The van der Waals surface area contributed by atoms with Crippen molar-refractivity contribution < 1.29 is 36.6 Å². The molecule has 0 spiro atoms. The molecule has 1 N–H and O–H groups in total. The molecule has 3 heterocycles. The number of aromatic nitrogens is 2. The van der Waals surface area contributed by atoms with Gasteiger partial charge in [0.25, 0.3) is 0 Å². The number of pyridine rings is 1. The summed E-state index contributed by atoms with van der Waals surface area (Å²) >= 11 is 0. The van der Waals surface area contributed by atoms with Gasteiger partial charge in [0.1, 0.15) is 42.3 Å². The Labute approximate surface area is 207 Å².